The summed E-state index contributed by atoms with van der Waals surface area (Å²) in [7, 11) is 0. The lowest BCUT2D eigenvalue weighted by Crippen LogP contribution is -2.51. The number of nitrogens with two attached hydrogens (primary N) is 6. The van der Waals surface area contributed by atoms with Crippen LogP contribution >= 0.6 is 46.4 Å². The highest BCUT2D eigenvalue weighted by atomic mass is 35.5. The molecule has 4 atom stereocenters. The summed E-state index contributed by atoms with van der Waals surface area (Å²) in [6.07, 6.45) is 3.47. The molecule has 6 heterocycles. The number of halogens is 4. The minimum absolute atomic E-state index is 0.000773. The Labute approximate surface area is 367 Å². The molecule has 0 radical (unpaired) electrons. The molecule has 320 valence electrons. The number of primary amides is 2. The van der Waals surface area contributed by atoms with Crippen LogP contribution in [0.25, 0.3) is 22.3 Å². The lowest BCUT2D eigenvalue weighted by molar-refractivity contribution is 0.0972. The maximum absolute atomic E-state index is 12.2. The van der Waals surface area contributed by atoms with Crippen LogP contribution in [0.2, 0.25) is 20.1 Å². The molecule has 60 heavy (non-hydrogen) atoms. The maximum atomic E-state index is 12.2. The molecule has 0 bridgehead atoms. The molecule has 8 rings (SSSR count). The van der Waals surface area contributed by atoms with Gasteiger partial charge in [0, 0.05) is 60.2 Å². The van der Waals surface area contributed by atoms with E-state index in [-0.39, 0.29) is 79.3 Å². The first-order valence-electron chi connectivity index (χ1n) is 19.5. The molecule has 20 heteroatoms. The summed E-state index contributed by atoms with van der Waals surface area (Å²) in [5.41, 5.74) is 38.0. The third-order valence-electron chi connectivity index (χ3n) is 12.5. The number of carbonyl (C=O) groups is 2. The summed E-state index contributed by atoms with van der Waals surface area (Å²) in [5, 5.41) is 1.18. The number of hydrogen-bond acceptors (Lipinski definition) is 14. The van der Waals surface area contributed by atoms with Crippen molar-refractivity contribution in [2.75, 3.05) is 60.7 Å². The summed E-state index contributed by atoms with van der Waals surface area (Å²) in [4.78, 5) is 46.2. The van der Waals surface area contributed by atoms with Gasteiger partial charge in [-0.2, -0.15) is 9.97 Å². The van der Waals surface area contributed by atoms with Crippen molar-refractivity contribution in [1.82, 2.24) is 19.9 Å². The van der Waals surface area contributed by atoms with Crippen LogP contribution in [0.1, 0.15) is 60.5 Å². The van der Waals surface area contributed by atoms with E-state index in [1.807, 2.05) is 23.6 Å². The Morgan fingerprint density at radius 1 is 0.633 bits per heavy atom. The molecule has 4 fully saturated rings. The third-order valence-corrected chi connectivity index (χ3v) is 14.2. The number of rotatable bonds is 6. The quantitative estimate of drug-likeness (QED) is 0.150. The molecule has 4 saturated heterocycles. The van der Waals surface area contributed by atoms with Gasteiger partial charge in [0.2, 0.25) is 11.9 Å². The van der Waals surface area contributed by atoms with Gasteiger partial charge in [0.1, 0.15) is 23.0 Å². The van der Waals surface area contributed by atoms with Gasteiger partial charge in [-0.05, 0) is 51.7 Å². The lowest BCUT2D eigenvalue weighted by atomic mass is 9.73. The maximum Gasteiger partial charge on any atom is 0.268 e. The largest absolute Gasteiger partial charge is 0.383 e. The molecule has 0 aliphatic carbocycles. The molecule has 2 spiro atoms. The number of benzene rings is 2. The van der Waals surface area contributed by atoms with Crippen molar-refractivity contribution in [3.8, 4) is 22.3 Å². The number of piperidine rings is 2. The van der Waals surface area contributed by atoms with E-state index in [0.717, 1.165) is 25.7 Å². The monoisotopic (exact) mass is 900 g/mol. The van der Waals surface area contributed by atoms with E-state index in [4.69, 9.17) is 90.3 Å². The summed E-state index contributed by atoms with van der Waals surface area (Å²) < 4.78 is 11.6. The first-order valence-corrected chi connectivity index (χ1v) is 21.1. The fourth-order valence-electron chi connectivity index (χ4n) is 8.75. The van der Waals surface area contributed by atoms with Crippen LogP contribution in [-0.4, -0.2) is 95.4 Å². The number of nitrogens with zero attached hydrogens (tertiary/aromatic N) is 6. The Morgan fingerprint density at radius 2 is 0.983 bits per heavy atom. The molecule has 2 aromatic heterocycles. The van der Waals surface area contributed by atoms with Crippen LogP contribution < -0.4 is 44.2 Å². The normalized spacial score (nSPS) is 23.1. The molecular formula is C40H48Cl4N12O4. The Hall–Kier alpha value is -4.26. The summed E-state index contributed by atoms with van der Waals surface area (Å²) in [6.45, 7) is 8.05. The minimum Gasteiger partial charge on any atom is -0.383 e. The average molecular weight is 903 g/mol. The Bertz CT molecular complexity index is 2150. The Kier molecular flexibility index (Phi) is 12.6. The molecule has 0 saturated carbocycles. The van der Waals surface area contributed by atoms with Crippen molar-refractivity contribution >= 4 is 81.8 Å². The number of nitrogen functional groups attached to an aromatic ring is 2. The van der Waals surface area contributed by atoms with Crippen molar-refractivity contribution in [3.05, 3.63) is 67.9 Å². The van der Waals surface area contributed by atoms with Gasteiger partial charge in [-0.15, -0.1) is 0 Å². The van der Waals surface area contributed by atoms with E-state index >= 15 is 0 Å². The second kappa shape index (κ2) is 17.2. The zero-order valence-electron chi connectivity index (χ0n) is 33.1. The predicted molar refractivity (Wildman–Crippen MR) is 235 cm³/mol. The average Bonchev–Trinajstić information content (AvgIpc) is 3.65. The topological polar surface area (TPSA) is 267 Å². The number of ether oxygens (including phenoxy) is 2. The van der Waals surface area contributed by atoms with Gasteiger partial charge >= 0.3 is 0 Å². The van der Waals surface area contributed by atoms with Gasteiger partial charge in [-0.25, -0.2) is 9.97 Å². The molecule has 16 nitrogen and oxygen atoms in total. The Morgan fingerprint density at radius 3 is 1.28 bits per heavy atom. The van der Waals surface area contributed by atoms with E-state index in [1.165, 1.54) is 0 Å². The minimum atomic E-state index is -0.718. The number of hydrogen-bond donors (Lipinski definition) is 6. The summed E-state index contributed by atoms with van der Waals surface area (Å²) in [5.74, 6) is -0.479. The number of amides is 2. The standard InChI is InChI=1S/2C20H24Cl2N6O2/c2*1-10-16(23)20(9-30-10)5-7-28(8-6-20)19-26-15(18(25)29)13(17(24)27-19)11-3-2-4-12(21)14(11)22/h2*2-4,10,16H,5-9,23H2,1H3,(H2,25,29)(H2,24,26,27)/t2*10-,16+/m00/s1. The van der Waals surface area contributed by atoms with Gasteiger partial charge in [0.05, 0.1) is 56.6 Å². The smallest absolute Gasteiger partial charge is 0.268 e. The van der Waals surface area contributed by atoms with Gasteiger partial charge < -0.3 is 53.7 Å². The third kappa shape index (κ3) is 8.11. The zero-order chi connectivity index (χ0) is 43.3. The van der Waals surface area contributed by atoms with Crippen LogP contribution in [-0.2, 0) is 9.47 Å². The van der Waals surface area contributed by atoms with Gasteiger partial charge in [0.15, 0.2) is 0 Å². The molecular weight excluding hydrogens is 854 g/mol. The van der Waals surface area contributed by atoms with Crippen molar-refractivity contribution in [1.29, 1.82) is 0 Å². The molecule has 12 N–H and O–H groups in total. The summed E-state index contributed by atoms with van der Waals surface area (Å²) >= 11 is 24.9. The van der Waals surface area contributed by atoms with Crippen LogP contribution in [0.4, 0.5) is 23.5 Å². The van der Waals surface area contributed by atoms with Crippen LogP contribution in [0.3, 0.4) is 0 Å². The summed E-state index contributed by atoms with van der Waals surface area (Å²) in [6, 6.07) is 10.1. The number of aromatic nitrogens is 4. The molecule has 0 unspecified atom stereocenters. The van der Waals surface area contributed by atoms with Crippen molar-refractivity contribution < 1.29 is 19.1 Å². The van der Waals surface area contributed by atoms with Gasteiger partial charge in [-0.1, -0.05) is 70.7 Å². The predicted octanol–water partition coefficient (Wildman–Crippen LogP) is 4.93. The Balaban J connectivity index is 0.000000181. The van der Waals surface area contributed by atoms with E-state index < -0.39 is 11.8 Å². The van der Waals surface area contributed by atoms with E-state index in [9.17, 15) is 9.59 Å². The highest BCUT2D eigenvalue weighted by Gasteiger charge is 2.49. The van der Waals surface area contributed by atoms with Crippen LogP contribution in [0, 0.1) is 10.8 Å². The van der Waals surface area contributed by atoms with Crippen molar-refractivity contribution in [2.45, 2.75) is 63.8 Å². The molecule has 2 aromatic carbocycles. The lowest BCUT2D eigenvalue weighted by Gasteiger charge is -2.41. The van der Waals surface area contributed by atoms with E-state index in [0.29, 0.717) is 72.5 Å². The first kappa shape index (κ1) is 43.8. The molecule has 4 aliphatic rings. The van der Waals surface area contributed by atoms with Crippen LogP contribution in [0.5, 0.6) is 0 Å². The highest BCUT2D eigenvalue weighted by Crippen LogP contribution is 2.45. The fraction of sp³-hybridized carbons (Fsp3) is 0.450. The van der Waals surface area contributed by atoms with Gasteiger partial charge in [0.25, 0.3) is 11.8 Å². The number of anilines is 4. The second-order valence-corrected chi connectivity index (χ2v) is 17.5. The zero-order valence-corrected chi connectivity index (χ0v) is 36.2. The SMILES string of the molecule is C[C@@H]1OCC2(CCN(c3nc(N)c(-c4cccc(Cl)c4Cl)c(C(N)=O)n3)CC2)[C@@H]1N.C[C@@H]1OCC2(CCN(c3nc(N)c(-c4cccc(Cl)c4Cl)c(C(N)=O)n3)CC2)[C@@H]1N. The van der Waals surface area contributed by atoms with Crippen LogP contribution in [0.15, 0.2) is 36.4 Å². The van der Waals surface area contributed by atoms with E-state index in [1.54, 1.807) is 36.4 Å². The number of carbonyl (C=O) groups excluding carboxylic acids is 2. The molecule has 2 amide bonds. The highest BCUT2D eigenvalue weighted by molar-refractivity contribution is 6.44. The first-order chi connectivity index (χ1) is 28.5. The van der Waals surface area contributed by atoms with Gasteiger partial charge in [-0.3, -0.25) is 9.59 Å². The molecule has 4 aromatic rings. The fourth-order valence-corrected chi connectivity index (χ4v) is 9.54. The van der Waals surface area contributed by atoms with E-state index in [2.05, 4.69) is 19.9 Å². The van der Waals surface area contributed by atoms with Crippen molar-refractivity contribution in [2.24, 2.45) is 33.8 Å². The second-order valence-electron chi connectivity index (χ2n) is 16.0. The van der Waals surface area contributed by atoms with Crippen molar-refractivity contribution in [3.63, 3.8) is 0 Å². The molecule has 4 aliphatic heterocycles.